The van der Waals surface area contributed by atoms with E-state index in [1.165, 1.54) is 0 Å². The van der Waals surface area contributed by atoms with Gasteiger partial charge in [-0.2, -0.15) is 0 Å². The highest BCUT2D eigenvalue weighted by molar-refractivity contribution is 6.36. The maximum Gasteiger partial charge on any atom is 0.353 e. The van der Waals surface area contributed by atoms with E-state index in [1.54, 1.807) is 22.8 Å². The van der Waals surface area contributed by atoms with E-state index in [4.69, 9.17) is 23.2 Å². The molecule has 5 heteroatoms. The van der Waals surface area contributed by atoms with Crippen LogP contribution in [0.5, 0.6) is 0 Å². The van der Waals surface area contributed by atoms with Gasteiger partial charge in [0.1, 0.15) is 5.69 Å². The van der Waals surface area contributed by atoms with E-state index in [0.717, 1.165) is 22.3 Å². The number of carbonyl (C=O) groups is 1. The van der Waals surface area contributed by atoms with Crippen LogP contribution in [0.1, 0.15) is 27.2 Å². The van der Waals surface area contributed by atoms with Crippen molar-refractivity contribution in [2.24, 2.45) is 0 Å². The average molecular weight is 374 g/mol. The lowest BCUT2D eigenvalue weighted by molar-refractivity contribution is 0.0686. The fourth-order valence-electron chi connectivity index (χ4n) is 2.99. The lowest BCUT2D eigenvalue weighted by Crippen LogP contribution is -2.10. The number of carboxylic acids is 1. The first-order chi connectivity index (χ1) is 11.9. The monoisotopic (exact) mass is 373 g/mol. The lowest BCUT2D eigenvalue weighted by Gasteiger charge is -2.11. The number of aryl methyl sites for hydroxylation is 2. The van der Waals surface area contributed by atoms with Crippen LogP contribution >= 0.6 is 23.2 Å². The number of hydrogen-bond acceptors (Lipinski definition) is 1. The number of hydrogen-bond donors (Lipinski definition) is 1. The SMILES string of the molecule is Cc1ccc(-c2c(C)cn(Cc3c(Cl)cccc3Cl)c2C(=O)O)cc1. The minimum Gasteiger partial charge on any atom is -0.477 e. The molecule has 0 amide bonds. The Bertz CT molecular complexity index is 923. The van der Waals surface area contributed by atoms with Gasteiger partial charge in [-0.15, -0.1) is 0 Å². The molecule has 3 nitrogen and oxygen atoms in total. The molecular formula is C20H17Cl2NO2. The van der Waals surface area contributed by atoms with E-state index in [2.05, 4.69) is 0 Å². The zero-order valence-electron chi connectivity index (χ0n) is 13.9. The molecule has 0 unspecified atom stereocenters. The Kier molecular flexibility index (Phi) is 4.89. The first-order valence-corrected chi connectivity index (χ1v) is 8.57. The molecule has 0 radical (unpaired) electrons. The van der Waals surface area contributed by atoms with Gasteiger partial charge in [0.15, 0.2) is 0 Å². The first-order valence-electron chi connectivity index (χ1n) is 7.81. The Labute approximate surface area is 156 Å². The van der Waals surface area contributed by atoms with Crippen molar-refractivity contribution in [3.05, 3.63) is 81.1 Å². The number of aromatic carboxylic acids is 1. The highest BCUT2D eigenvalue weighted by atomic mass is 35.5. The van der Waals surface area contributed by atoms with E-state index < -0.39 is 5.97 Å². The minimum absolute atomic E-state index is 0.234. The minimum atomic E-state index is -0.980. The van der Waals surface area contributed by atoms with Gasteiger partial charge in [-0.05, 0) is 37.1 Å². The van der Waals surface area contributed by atoms with Crippen molar-refractivity contribution < 1.29 is 9.90 Å². The fraction of sp³-hybridized carbons (Fsp3) is 0.150. The van der Waals surface area contributed by atoms with Crippen molar-refractivity contribution in [3.63, 3.8) is 0 Å². The molecule has 1 N–H and O–H groups in total. The smallest absolute Gasteiger partial charge is 0.353 e. The Morgan fingerprint density at radius 1 is 1.04 bits per heavy atom. The Morgan fingerprint density at radius 2 is 1.64 bits per heavy atom. The van der Waals surface area contributed by atoms with Crippen LogP contribution in [-0.2, 0) is 6.54 Å². The molecule has 0 atom stereocenters. The third kappa shape index (κ3) is 3.44. The molecule has 3 rings (SSSR count). The Balaban J connectivity index is 2.14. The van der Waals surface area contributed by atoms with E-state index in [-0.39, 0.29) is 5.69 Å². The number of aromatic nitrogens is 1. The molecule has 0 saturated carbocycles. The van der Waals surface area contributed by atoms with E-state index in [1.807, 2.05) is 44.3 Å². The van der Waals surface area contributed by atoms with Crippen molar-refractivity contribution in [2.75, 3.05) is 0 Å². The van der Waals surface area contributed by atoms with Crippen LogP contribution in [0.2, 0.25) is 10.0 Å². The summed E-state index contributed by atoms with van der Waals surface area (Å²) >= 11 is 12.5. The summed E-state index contributed by atoms with van der Waals surface area (Å²) < 4.78 is 1.69. The maximum absolute atomic E-state index is 12.0. The van der Waals surface area contributed by atoms with Crippen LogP contribution in [0.25, 0.3) is 11.1 Å². The molecule has 0 bridgehead atoms. The van der Waals surface area contributed by atoms with Crippen molar-refractivity contribution in [1.82, 2.24) is 4.57 Å². The first kappa shape index (κ1) is 17.6. The molecular weight excluding hydrogens is 357 g/mol. The second-order valence-electron chi connectivity index (χ2n) is 6.04. The van der Waals surface area contributed by atoms with Gasteiger partial charge in [-0.1, -0.05) is 59.1 Å². The number of carboxylic acid groups (broad SMARTS) is 1. The zero-order chi connectivity index (χ0) is 18.1. The number of halogens is 2. The van der Waals surface area contributed by atoms with Gasteiger partial charge < -0.3 is 9.67 Å². The third-order valence-corrected chi connectivity index (χ3v) is 4.91. The fourth-order valence-corrected chi connectivity index (χ4v) is 3.50. The molecule has 3 aromatic rings. The van der Waals surface area contributed by atoms with E-state index in [9.17, 15) is 9.90 Å². The van der Waals surface area contributed by atoms with Gasteiger partial charge >= 0.3 is 5.97 Å². The summed E-state index contributed by atoms with van der Waals surface area (Å²) in [4.78, 5) is 12.0. The van der Waals surface area contributed by atoms with Gasteiger partial charge in [0, 0.05) is 27.4 Å². The summed E-state index contributed by atoms with van der Waals surface area (Å²) in [6.45, 7) is 4.21. The molecule has 1 heterocycles. The Morgan fingerprint density at radius 3 is 2.20 bits per heavy atom. The zero-order valence-corrected chi connectivity index (χ0v) is 15.4. The summed E-state index contributed by atoms with van der Waals surface area (Å²) in [6, 6.07) is 13.1. The molecule has 0 saturated heterocycles. The van der Waals surface area contributed by atoms with Gasteiger partial charge in [-0.3, -0.25) is 0 Å². The average Bonchev–Trinajstić information content (AvgIpc) is 2.88. The molecule has 0 aliphatic carbocycles. The molecule has 1 aromatic heterocycles. The van der Waals surface area contributed by atoms with Gasteiger partial charge in [0.05, 0.1) is 6.54 Å². The third-order valence-electron chi connectivity index (χ3n) is 4.20. The van der Waals surface area contributed by atoms with Crippen molar-refractivity contribution in [3.8, 4) is 11.1 Å². The predicted octanol–water partition coefficient (Wildman–Crippen LogP) is 5.83. The Hall–Kier alpha value is -2.23. The van der Waals surface area contributed by atoms with E-state index in [0.29, 0.717) is 22.2 Å². The molecule has 0 aliphatic rings. The second kappa shape index (κ2) is 6.95. The van der Waals surface area contributed by atoms with Crippen LogP contribution in [0.15, 0.2) is 48.7 Å². The number of rotatable bonds is 4. The van der Waals surface area contributed by atoms with Gasteiger partial charge in [0.25, 0.3) is 0 Å². The largest absolute Gasteiger partial charge is 0.477 e. The van der Waals surface area contributed by atoms with E-state index >= 15 is 0 Å². The standard InChI is InChI=1S/C20H17Cl2NO2/c1-12-6-8-14(9-7-12)18-13(2)10-23(19(18)20(24)25)11-15-16(21)4-3-5-17(15)22/h3-10H,11H2,1-2H3,(H,24,25). The molecule has 25 heavy (non-hydrogen) atoms. The van der Waals surface area contributed by atoms with Crippen molar-refractivity contribution in [2.45, 2.75) is 20.4 Å². The number of benzene rings is 2. The predicted molar refractivity (Wildman–Crippen MR) is 102 cm³/mol. The summed E-state index contributed by atoms with van der Waals surface area (Å²) in [7, 11) is 0. The van der Waals surface area contributed by atoms with Gasteiger partial charge in [-0.25, -0.2) is 4.79 Å². The molecule has 0 spiro atoms. The molecule has 0 fully saturated rings. The molecule has 128 valence electrons. The quantitative estimate of drug-likeness (QED) is 0.625. The van der Waals surface area contributed by atoms with Gasteiger partial charge in [0.2, 0.25) is 0 Å². The summed E-state index contributed by atoms with van der Waals surface area (Å²) in [5.74, 6) is -0.980. The summed E-state index contributed by atoms with van der Waals surface area (Å²) in [6.07, 6.45) is 1.83. The van der Waals surface area contributed by atoms with Crippen LogP contribution in [-0.4, -0.2) is 15.6 Å². The molecule has 0 aliphatic heterocycles. The summed E-state index contributed by atoms with van der Waals surface area (Å²) in [5.41, 5.74) is 4.56. The highest BCUT2D eigenvalue weighted by Crippen LogP contribution is 2.32. The van der Waals surface area contributed by atoms with Crippen molar-refractivity contribution in [1.29, 1.82) is 0 Å². The molecule has 2 aromatic carbocycles. The van der Waals surface area contributed by atoms with Crippen LogP contribution in [0.3, 0.4) is 0 Å². The van der Waals surface area contributed by atoms with Crippen LogP contribution < -0.4 is 0 Å². The van der Waals surface area contributed by atoms with Crippen molar-refractivity contribution >= 4 is 29.2 Å². The topological polar surface area (TPSA) is 42.2 Å². The highest BCUT2D eigenvalue weighted by Gasteiger charge is 2.21. The van der Waals surface area contributed by atoms with Crippen LogP contribution in [0.4, 0.5) is 0 Å². The lowest BCUT2D eigenvalue weighted by atomic mass is 10.0. The van der Waals surface area contributed by atoms with Crippen LogP contribution in [0, 0.1) is 13.8 Å². The summed E-state index contributed by atoms with van der Waals surface area (Å²) in [5, 5.41) is 10.8. The number of nitrogens with zero attached hydrogens (tertiary/aromatic N) is 1. The normalized spacial score (nSPS) is 10.9. The second-order valence-corrected chi connectivity index (χ2v) is 6.85. The maximum atomic E-state index is 12.0.